The molecule has 0 saturated carbocycles. The van der Waals surface area contributed by atoms with Gasteiger partial charge in [-0.2, -0.15) is 0 Å². The number of fused-ring (bicyclic) bond motifs is 1. The van der Waals surface area contributed by atoms with E-state index in [1.165, 1.54) is 6.08 Å². The van der Waals surface area contributed by atoms with Crippen molar-refractivity contribution < 1.29 is 28.5 Å². The molecule has 0 atom stereocenters. The van der Waals surface area contributed by atoms with Crippen LogP contribution in [0.3, 0.4) is 0 Å². The Balaban J connectivity index is 1.45. The van der Waals surface area contributed by atoms with Crippen LogP contribution < -0.4 is 19.5 Å². The maximum absolute atomic E-state index is 11.9. The van der Waals surface area contributed by atoms with Crippen molar-refractivity contribution in [3.63, 3.8) is 0 Å². The van der Waals surface area contributed by atoms with E-state index >= 15 is 0 Å². The average Bonchev–Trinajstić information content (AvgIpc) is 3.00. The first-order chi connectivity index (χ1) is 14.2. The summed E-state index contributed by atoms with van der Waals surface area (Å²) in [6, 6.07) is 12.8. The molecule has 7 nitrogen and oxygen atoms in total. The molecule has 2 aromatic carbocycles. The largest absolute Gasteiger partial charge is 0.496 e. The van der Waals surface area contributed by atoms with Gasteiger partial charge in [0.1, 0.15) is 5.75 Å². The van der Waals surface area contributed by atoms with Crippen molar-refractivity contribution in [2.75, 3.05) is 26.9 Å². The lowest BCUT2D eigenvalue weighted by Crippen LogP contribution is -2.28. The fourth-order valence-electron chi connectivity index (χ4n) is 2.73. The maximum atomic E-state index is 11.9. The van der Waals surface area contributed by atoms with Gasteiger partial charge in [-0.05, 0) is 29.8 Å². The number of benzene rings is 2. The second-order valence-corrected chi connectivity index (χ2v) is 6.29. The molecule has 0 saturated heterocycles. The summed E-state index contributed by atoms with van der Waals surface area (Å²) in [6.45, 7) is 1.13. The van der Waals surface area contributed by atoms with Crippen molar-refractivity contribution >= 4 is 18.0 Å². The second-order valence-electron chi connectivity index (χ2n) is 6.29. The van der Waals surface area contributed by atoms with E-state index in [1.54, 1.807) is 25.3 Å². The Bertz CT molecular complexity index is 893. The Morgan fingerprint density at radius 3 is 2.72 bits per heavy atom. The molecule has 0 spiro atoms. The van der Waals surface area contributed by atoms with Crippen LogP contribution in [0.2, 0.25) is 0 Å². The van der Waals surface area contributed by atoms with Crippen molar-refractivity contribution in [3.8, 4) is 17.2 Å². The zero-order chi connectivity index (χ0) is 20.5. The monoisotopic (exact) mass is 397 g/mol. The number of esters is 1. The predicted molar refractivity (Wildman–Crippen MR) is 107 cm³/mol. The van der Waals surface area contributed by atoms with Gasteiger partial charge in [0.25, 0.3) is 5.91 Å². The highest BCUT2D eigenvalue weighted by molar-refractivity contribution is 5.89. The van der Waals surface area contributed by atoms with Gasteiger partial charge in [-0.1, -0.05) is 24.3 Å². The van der Waals surface area contributed by atoms with Gasteiger partial charge in [-0.15, -0.1) is 0 Å². The number of hydrogen-bond acceptors (Lipinski definition) is 6. The summed E-state index contributed by atoms with van der Waals surface area (Å²) in [5.74, 6) is 1.02. The van der Waals surface area contributed by atoms with Crippen LogP contribution in [-0.2, 0) is 20.9 Å². The van der Waals surface area contributed by atoms with Crippen molar-refractivity contribution in [3.05, 3.63) is 59.7 Å². The Morgan fingerprint density at radius 2 is 1.90 bits per heavy atom. The molecule has 3 rings (SSSR count). The standard InChI is InChI=1S/C22H23NO6/c1-26-18-6-3-2-5-17(18)14-23-21(24)15-29-22(25)10-8-16-7-9-19-20(13-16)28-12-4-11-27-19/h2-3,5-10,13H,4,11-12,14-15H2,1H3,(H,23,24)/b10-8+. The molecule has 1 N–H and O–H groups in total. The molecule has 0 bridgehead atoms. The zero-order valence-electron chi connectivity index (χ0n) is 16.2. The van der Waals surface area contributed by atoms with Gasteiger partial charge in [0, 0.05) is 24.6 Å². The fourth-order valence-corrected chi connectivity index (χ4v) is 2.73. The minimum Gasteiger partial charge on any atom is -0.496 e. The van der Waals surface area contributed by atoms with Crippen LogP contribution in [0.4, 0.5) is 0 Å². The van der Waals surface area contributed by atoms with Crippen LogP contribution in [0.25, 0.3) is 6.08 Å². The van der Waals surface area contributed by atoms with E-state index in [-0.39, 0.29) is 13.2 Å². The molecule has 152 valence electrons. The Kier molecular flexibility index (Phi) is 7.10. The van der Waals surface area contributed by atoms with Crippen LogP contribution in [0.5, 0.6) is 17.2 Å². The topological polar surface area (TPSA) is 83.1 Å². The molecule has 1 aliphatic rings. The Labute approximate surface area is 169 Å². The first-order valence-electron chi connectivity index (χ1n) is 9.29. The number of rotatable bonds is 7. The summed E-state index contributed by atoms with van der Waals surface area (Å²) in [5, 5.41) is 2.69. The molecule has 0 aromatic heterocycles. The lowest BCUT2D eigenvalue weighted by atomic mass is 10.2. The van der Waals surface area contributed by atoms with Gasteiger partial charge in [0.2, 0.25) is 0 Å². The number of para-hydroxylation sites is 1. The lowest BCUT2D eigenvalue weighted by molar-refractivity contribution is -0.143. The normalized spacial score (nSPS) is 12.9. The van der Waals surface area contributed by atoms with Gasteiger partial charge in [-0.3, -0.25) is 4.79 Å². The molecule has 0 radical (unpaired) electrons. The summed E-state index contributed by atoms with van der Waals surface area (Å²) in [4.78, 5) is 23.8. The minimum atomic E-state index is -0.607. The number of carbonyl (C=O) groups excluding carboxylic acids is 2. The number of amides is 1. The predicted octanol–water partition coefficient (Wildman–Crippen LogP) is 2.73. The zero-order valence-corrected chi connectivity index (χ0v) is 16.2. The molecular formula is C22H23NO6. The average molecular weight is 397 g/mol. The SMILES string of the molecule is COc1ccccc1CNC(=O)COC(=O)/C=C/c1ccc2c(c1)OCCCO2. The quantitative estimate of drug-likeness (QED) is 0.571. The molecule has 0 fully saturated rings. The van der Waals surface area contributed by atoms with Crippen molar-refractivity contribution in [2.24, 2.45) is 0 Å². The summed E-state index contributed by atoms with van der Waals surface area (Å²) in [5.41, 5.74) is 1.61. The van der Waals surface area contributed by atoms with Crippen LogP contribution in [0, 0.1) is 0 Å². The summed E-state index contributed by atoms with van der Waals surface area (Å²) < 4.78 is 21.4. The van der Waals surface area contributed by atoms with Gasteiger partial charge in [0.15, 0.2) is 18.1 Å². The van der Waals surface area contributed by atoms with E-state index in [1.807, 2.05) is 30.3 Å². The maximum Gasteiger partial charge on any atom is 0.331 e. The Morgan fingerprint density at radius 1 is 1.10 bits per heavy atom. The van der Waals surface area contributed by atoms with E-state index < -0.39 is 11.9 Å². The van der Waals surface area contributed by atoms with E-state index in [0.29, 0.717) is 30.5 Å². The van der Waals surface area contributed by atoms with Crippen LogP contribution >= 0.6 is 0 Å². The lowest BCUT2D eigenvalue weighted by Gasteiger charge is -2.09. The molecule has 2 aromatic rings. The van der Waals surface area contributed by atoms with E-state index in [0.717, 1.165) is 17.5 Å². The molecule has 1 aliphatic heterocycles. The van der Waals surface area contributed by atoms with Crippen LogP contribution in [0.1, 0.15) is 17.5 Å². The third-order valence-corrected chi connectivity index (χ3v) is 4.20. The number of ether oxygens (including phenoxy) is 4. The van der Waals surface area contributed by atoms with Gasteiger partial charge >= 0.3 is 5.97 Å². The third-order valence-electron chi connectivity index (χ3n) is 4.20. The number of nitrogens with one attached hydrogen (secondary N) is 1. The summed E-state index contributed by atoms with van der Waals surface area (Å²) >= 11 is 0. The molecule has 0 unspecified atom stereocenters. The molecule has 29 heavy (non-hydrogen) atoms. The first kappa shape index (κ1) is 20.3. The summed E-state index contributed by atoms with van der Waals surface area (Å²) in [6.07, 6.45) is 3.70. The number of carbonyl (C=O) groups is 2. The first-order valence-corrected chi connectivity index (χ1v) is 9.29. The summed E-state index contributed by atoms with van der Waals surface area (Å²) in [7, 11) is 1.57. The highest BCUT2D eigenvalue weighted by atomic mass is 16.5. The number of methoxy groups -OCH3 is 1. The third kappa shape index (κ3) is 6.00. The minimum absolute atomic E-state index is 0.285. The van der Waals surface area contributed by atoms with Gasteiger partial charge in [0.05, 0.1) is 20.3 Å². The smallest absolute Gasteiger partial charge is 0.331 e. The van der Waals surface area contributed by atoms with E-state index in [2.05, 4.69) is 5.32 Å². The molecule has 1 amide bonds. The Hall–Kier alpha value is -3.48. The second kappa shape index (κ2) is 10.2. The number of hydrogen-bond donors (Lipinski definition) is 1. The fraction of sp³-hybridized carbons (Fsp3) is 0.273. The van der Waals surface area contributed by atoms with Crippen molar-refractivity contribution in [2.45, 2.75) is 13.0 Å². The molecule has 0 aliphatic carbocycles. The molecule has 1 heterocycles. The van der Waals surface area contributed by atoms with E-state index in [9.17, 15) is 9.59 Å². The van der Waals surface area contributed by atoms with Gasteiger partial charge in [-0.25, -0.2) is 4.79 Å². The van der Waals surface area contributed by atoms with Gasteiger partial charge < -0.3 is 24.3 Å². The molecule has 7 heteroatoms. The van der Waals surface area contributed by atoms with Crippen molar-refractivity contribution in [1.82, 2.24) is 5.32 Å². The van der Waals surface area contributed by atoms with Crippen LogP contribution in [0.15, 0.2) is 48.5 Å². The van der Waals surface area contributed by atoms with Crippen molar-refractivity contribution in [1.29, 1.82) is 0 Å². The highest BCUT2D eigenvalue weighted by Crippen LogP contribution is 2.30. The van der Waals surface area contributed by atoms with E-state index in [4.69, 9.17) is 18.9 Å². The highest BCUT2D eigenvalue weighted by Gasteiger charge is 2.10. The van der Waals surface area contributed by atoms with Crippen LogP contribution in [-0.4, -0.2) is 38.8 Å². The molecular weight excluding hydrogens is 374 g/mol.